The minimum Gasteiger partial charge on any atom is -0.493 e. The van der Waals surface area contributed by atoms with Crippen LogP contribution in [0.3, 0.4) is 0 Å². The summed E-state index contributed by atoms with van der Waals surface area (Å²) in [5, 5.41) is 18.9. The SMILES string of the molecule is COc1c([C@H]2[C@H](C(=O)Nc3cccc(C(=N)NO)c3)O[C@@](C)(C(F)(F)F)[C@H]2C)ccc(F)c1F. The number of carbonyl (C=O) groups excluding carboxylic acids is 1. The smallest absolute Gasteiger partial charge is 0.417 e. The number of rotatable bonds is 5. The van der Waals surface area contributed by atoms with Gasteiger partial charge in [-0.25, -0.2) is 4.39 Å². The van der Waals surface area contributed by atoms with Crippen molar-refractivity contribution in [3.05, 3.63) is 59.2 Å². The standard InChI is InChI=1S/C22H22F5N3O4/c1-10-15(13-7-8-14(23)16(24)17(13)33-3)18(34-21(10,2)22(25,26)27)20(31)29-12-6-4-5-11(9-12)19(28)30-32/h4-10,15,18,32H,1-3H3,(H2,28,30)(H,29,31)/t10-,15-,18+,21+/m0/s1. The van der Waals surface area contributed by atoms with Gasteiger partial charge in [-0.05, 0) is 25.1 Å². The van der Waals surface area contributed by atoms with Crippen LogP contribution in [0.1, 0.15) is 30.9 Å². The molecule has 1 saturated heterocycles. The van der Waals surface area contributed by atoms with Gasteiger partial charge in [0.2, 0.25) is 5.82 Å². The van der Waals surface area contributed by atoms with E-state index in [1.165, 1.54) is 31.2 Å². The molecule has 1 fully saturated rings. The van der Waals surface area contributed by atoms with Gasteiger partial charge in [-0.15, -0.1) is 0 Å². The number of amides is 1. The molecule has 0 radical (unpaired) electrons. The van der Waals surface area contributed by atoms with E-state index in [2.05, 4.69) is 5.32 Å². The highest BCUT2D eigenvalue weighted by atomic mass is 19.4. The first-order chi connectivity index (χ1) is 15.9. The van der Waals surface area contributed by atoms with Crippen LogP contribution < -0.4 is 15.5 Å². The van der Waals surface area contributed by atoms with Gasteiger partial charge in [0.1, 0.15) is 11.9 Å². The van der Waals surface area contributed by atoms with E-state index in [1.807, 2.05) is 0 Å². The zero-order valence-electron chi connectivity index (χ0n) is 18.3. The van der Waals surface area contributed by atoms with Crippen LogP contribution >= 0.6 is 0 Å². The molecule has 12 heteroatoms. The topological polar surface area (TPSA) is 104 Å². The number of benzene rings is 2. The van der Waals surface area contributed by atoms with Crippen LogP contribution in [0.15, 0.2) is 36.4 Å². The van der Waals surface area contributed by atoms with E-state index in [9.17, 15) is 26.7 Å². The summed E-state index contributed by atoms with van der Waals surface area (Å²) in [6.07, 6.45) is -6.63. The van der Waals surface area contributed by atoms with Crippen molar-refractivity contribution >= 4 is 17.4 Å². The van der Waals surface area contributed by atoms with Crippen LogP contribution in [0.25, 0.3) is 0 Å². The third kappa shape index (κ3) is 4.30. The summed E-state index contributed by atoms with van der Waals surface area (Å²) in [7, 11) is 1.04. The summed E-state index contributed by atoms with van der Waals surface area (Å²) in [6.45, 7) is 2.00. The number of amidine groups is 1. The highest BCUT2D eigenvalue weighted by molar-refractivity contribution is 5.99. The molecule has 7 nitrogen and oxygen atoms in total. The van der Waals surface area contributed by atoms with E-state index >= 15 is 0 Å². The Morgan fingerprint density at radius 3 is 2.50 bits per heavy atom. The first-order valence-electron chi connectivity index (χ1n) is 10.0. The van der Waals surface area contributed by atoms with Crippen LogP contribution in [0, 0.1) is 23.0 Å². The van der Waals surface area contributed by atoms with E-state index in [0.717, 1.165) is 26.2 Å². The van der Waals surface area contributed by atoms with Crippen LogP contribution in [0.2, 0.25) is 0 Å². The molecule has 2 aromatic carbocycles. The fourth-order valence-electron chi connectivity index (χ4n) is 4.07. The Kier molecular flexibility index (Phi) is 6.85. The van der Waals surface area contributed by atoms with Gasteiger partial charge in [0.25, 0.3) is 5.91 Å². The Balaban J connectivity index is 2.06. The van der Waals surface area contributed by atoms with Gasteiger partial charge in [-0.1, -0.05) is 25.1 Å². The van der Waals surface area contributed by atoms with Crippen LogP contribution in [0.5, 0.6) is 5.75 Å². The van der Waals surface area contributed by atoms with Gasteiger partial charge in [0.05, 0.1) is 7.11 Å². The third-order valence-corrected chi connectivity index (χ3v) is 6.10. The van der Waals surface area contributed by atoms with Crippen molar-refractivity contribution in [3.8, 4) is 5.75 Å². The molecule has 0 bridgehead atoms. The molecule has 1 heterocycles. The van der Waals surface area contributed by atoms with Crippen LogP contribution in [0.4, 0.5) is 27.6 Å². The molecule has 1 aliphatic heterocycles. The van der Waals surface area contributed by atoms with Crippen molar-refractivity contribution in [1.29, 1.82) is 5.41 Å². The highest BCUT2D eigenvalue weighted by Crippen LogP contribution is 2.55. The number of hydrogen-bond donors (Lipinski definition) is 4. The fraction of sp³-hybridized carbons (Fsp3) is 0.364. The van der Waals surface area contributed by atoms with Crippen molar-refractivity contribution in [2.24, 2.45) is 5.92 Å². The van der Waals surface area contributed by atoms with Crippen molar-refractivity contribution in [2.45, 2.75) is 37.6 Å². The Bertz CT molecular complexity index is 1110. The maximum Gasteiger partial charge on any atom is 0.417 e. The van der Waals surface area contributed by atoms with Gasteiger partial charge in [0, 0.05) is 28.7 Å². The summed E-state index contributed by atoms with van der Waals surface area (Å²) in [6, 6.07) is 7.43. The Labute approximate surface area is 191 Å². The molecule has 1 aliphatic rings. The zero-order chi connectivity index (χ0) is 25.4. The third-order valence-electron chi connectivity index (χ3n) is 6.10. The molecule has 0 aliphatic carbocycles. The van der Waals surface area contributed by atoms with Gasteiger partial charge in [-0.2, -0.15) is 17.6 Å². The van der Waals surface area contributed by atoms with Crippen molar-refractivity contribution in [1.82, 2.24) is 5.48 Å². The van der Waals surface area contributed by atoms with Crippen molar-refractivity contribution < 1.29 is 41.4 Å². The second kappa shape index (κ2) is 9.18. The maximum absolute atomic E-state index is 14.4. The summed E-state index contributed by atoms with van der Waals surface area (Å²) in [4.78, 5) is 13.1. The Hall–Kier alpha value is -3.25. The average molecular weight is 487 g/mol. The minimum absolute atomic E-state index is 0.107. The largest absolute Gasteiger partial charge is 0.493 e. The summed E-state index contributed by atoms with van der Waals surface area (Å²) < 4.78 is 80.3. The molecule has 0 saturated carbocycles. The Morgan fingerprint density at radius 1 is 1.24 bits per heavy atom. The van der Waals surface area contributed by atoms with Crippen molar-refractivity contribution in [3.63, 3.8) is 0 Å². The predicted molar refractivity (Wildman–Crippen MR) is 111 cm³/mol. The lowest BCUT2D eigenvalue weighted by atomic mass is 9.77. The van der Waals surface area contributed by atoms with E-state index in [0.29, 0.717) is 0 Å². The molecule has 0 aromatic heterocycles. The summed E-state index contributed by atoms with van der Waals surface area (Å²) >= 11 is 0. The van der Waals surface area contributed by atoms with Crippen molar-refractivity contribution in [2.75, 3.05) is 12.4 Å². The molecule has 4 N–H and O–H groups in total. The molecule has 2 aromatic rings. The summed E-state index contributed by atoms with van der Waals surface area (Å²) in [5.74, 6) is -7.36. The monoisotopic (exact) mass is 487 g/mol. The zero-order valence-corrected chi connectivity index (χ0v) is 18.3. The van der Waals surface area contributed by atoms with Gasteiger partial charge in [0.15, 0.2) is 17.2 Å². The normalized spacial score (nSPS) is 24.6. The number of nitrogens with one attached hydrogen (secondary N) is 3. The predicted octanol–water partition coefficient (Wildman–Crippen LogP) is 4.36. The molecule has 3 rings (SSSR count). The first kappa shape index (κ1) is 25.4. The molecule has 34 heavy (non-hydrogen) atoms. The second-order valence-corrected chi connectivity index (χ2v) is 8.00. The molecular weight excluding hydrogens is 465 g/mol. The molecule has 1 amide bonds. The quantitative estimate of drug-likeness (QED) is 0.217. The van der Waals surface area contributed by atoms with Crippen LogP contribution in [-0.4, -0.2) is 41.9 Å². The summed E-state index contributed by atoms with van der Waals surface area (Å²) in [5.41, 5.74) is -0.999. The minimum atomic E-state index is -4.88. The number of ether oxygens (including phenoxy) is 2. The lowest BCUT2D eigenvalue weighted by molar-refractivity contribution is -0.272. The molecule has 184 valence electrons. The molecular formula is C22H22F5N3O4. The number of methoxy groups -OCH3 is 1. The average Bonchev–Trinajstić information content (AvgIpc) is 3.07. The number of hydroxylamine groups is 1. The molecule has 0 unspecified atom stereocenters. The number of halogens is 5. The van der Waals surface area contributed by atoms with E-state index < -0.39 is 53.0 Å². The van der Waals surface area contributed by atoms with Gasteiger partial charge >= 0.3 is 6.18 Å². The first-order valence-corrected chi connectivity index (χ1v) is 10.0. The number of anilines is 1. The molecule has 0 spiro atoms. The van der Waals surface area contributed by atoms with E-state index in [1.54, 1.807) is 5.48 Å². The molecule has 4 atom stereocenters. The van der Waals surface area contributed by atoms with E-state index in [-0.39, 0.29) is 22.6 Å². The lowest BCUT2D eigenvalue weighted by Crippen LogP contribution is -2.47. The van der Waals surface area contributed by atoms with Crippen LogP contribution in [-0.2, 0) is 9.53 Å². The fourth-order valence-corrected chi connectivity index (χ4v) is 4.07. The second-order valence-electron chi connectivity index (χ2n) is 8.00. The lowest BCUT2D eigenvalue weighted by Gasteiger charge is -2.32. The number of alkyl halides is 3. The van der Waals surface area contributed by atoms with Gasteiger partial charge < -0.3 is 14.8 Å². The maximum atomic E-state index is 14.4. The number of carbonyl (C=O) groups is 1. The number of hydrogen-bond acceptors (Lipinski definition) is 5. The Morgan fingerprint density at radius 2 is 1.91 bits per heavy atom. The van der Waals surface area contributed by atoms with Gasteiger partial charge in [-0.3, -0.25) is 20.9 Å². The van der Waals surface area contributed by atoms with E-state index in [4.69, 9.17) is 20.1 Å². The highest BCUT2D eigenvalue weighted by Gasteiger charge is 2.65.